The summed E-state index contributed by atoms with van der Waals surface area (Å²) in [7, 11) is -2.04. The van der Waals surface area contributed by atoms with Crippen LogP contribution in [0.4, 0.5) is 0 Å². The summed E-state index contributed by atoms with van der Waals surface area (Å²) in [5.74, 6) is 1.43. The number of benzene rings is 2. The first-order chi connectivity index (χ1) is 12.4. The van der Waals surface area contributed by atoms with E-state index >= 15 is 0 Å². The van der Waals surface area contributed by atoms with Crippen LogP contribution in [0.2, 0.25) is 0 Å². The summed E-state index contributed by atoms with van der Waals surface area (Å²) < 4.78 is 28.5. The van der Waals surface area contributed by atoms with E-state index in [1.165, 1.54) is 6.07 Å². The molecule has 0 radical (unpaired) electrons. The molecule has 0 atom stereocenters. The van der Waals surface area contributed by atoms with Crippen molar-refractivity contribution in [3.05, 3.63) is 59.7 Å². The van der Waals surface area contributed by atoms with E-state index in [9.17, 15) is 8.42 Å². The van der Waals surface area contributed by atoms with E-state index in [2.05, 4.69) is 15.6 Å². The molecule has 9 heteroatoms. The van der Waals surface area contributed by atoms with Gasteiger partial charge < -0.3 is 15.4 Å². The topological polar surface area (TPSA) is 106 Å². The number of para-hydroxylation sites is 1. The average Bonchev–Trinajstić information content (AvgIpc) is 2.63. The van der Waals surface area contributed by atoms with Gasteiger partial charge in [-0.25, -0.2) is 13.6 Å². The molecule has 0 aliphatic rings. The number of aliphatic imine (C=N–C) groups is 1. The molecule has 0 aromatic heterocycles. The highest BCUT2D eigenvalue weighted by atomic mass is 127. The Morgan fingerprint density at radius 2 is 1.81 bits per heavy atom. The molecule has 27 heavy (non-hydrogen) atoms. The number of halogens is 1. The number of nitrogens with two attached hydrogens (primary N) is 1. The zero-order chi connectivity index (χ0) is 19.0. The highest BCUT2D eigenvalue weighted by Crippen LogP contribution is 2.17. The quantitative estimate of drug-likeness (QED) is 0.305. The number of ether oxygens (including phenoxy) is 1. The molecular formula is C18H25IN4O3S. The summed E-state index contributed by atoms with van der Waals surface area (Å²) in [6, 6.07) is 14.3. The number of nitrogens with one attached hydrogen (secondary N) is 2. The van der Waals surface area contributed by atoms with E-state index < -0.39 is 10.0 Å². The van der Waals surface area contributed by atoms with Crippen molar-refractivity contribution in [3.63, 3.8) is 0 Å². The third-order valence-electron chi connectivity index (χ3n) is 3.63. The minimum absolute atomic E-state index is 0. The molecule has 0 unspecified atom stereocenters. The lowest BCUT2D eigenvalue weighted by molar-refractivity contribution is 0.336. The summed E-state index contributed by atoms with van der Waals surface area (Å²) in [5, 5.41) is 11.5. The Morgan fingerprint density at radius 1 is 1.11 bits per heavy atom. The molecule has 4 N–H and O–H groups in total. The zero-order valence-corrected chi connectivity index (χ0v) is 18.5. The van der Waals surface area contributed by atoms with Gasteiger partial charge in [0.1, 0.15) is 5.75 Å². The molecular weight excluding hydrogens is 479 g/mol. The lowest BCUT2D eigenvalue weighted by Crippen LogP contribution is -2.36. The first-order valence-electron chi connectivity index (χ1n) is 8.21. The monoisotopic (exact) mass is 504 g/mol. The van der Waals surface area contributed by atoms with E-state index in [4.69, 9.17) is 9.88 Å². The number of hydrogen-bond acceptors (Lipinski definition) is 4. The second-order valence-electron chi connectivity index (χ2n) is 5.51. The van der Waals surface area contributed by atoms with Crippen LogP contribution in [-0.2, 0) is 23.1 Å². The van der Waals surface area contributed by atoms with E-state index in [1.54, 1.807) is 19.2 Å². The first-order valence-corrected chi connectivity index (χ1v) is 9.75. The number of sulfonamides is 1. The van der Waals surface area contributed by atoms with Crippen molar-refractivity contribution in [1.29, 1.82) is 0 Å². The SMILES string of the molecule is CCOc1ccccc1CNC(=NC)NCc1cccc(S(N)(=O)=O)c1.I. The van der Waals surface area contributed by atoms with E-state index in [0.717, 1.165) is 16.9 Å². The predicted octanol–water partition coefficient (Wildman–Crippen LogP) is 2.22. The van der Waals surface area contributed by atoms with Crippen molar-refractivity contribution >= 4 is 40.0 Å². The average molecular weight is 504 g/mol. The van der Waals surface area contributed by atoms with Crippen molar-refractivity contribution in [2.75, 3.05) is 13.7 Å². The minimum Gasteiger partial charge on any atom is -0.494 e. The van der Waals surface area contributed by atoms with Crippen LogP contribution in [-0.4, -0.2) is 28.0 Å². The van der Waals surface area contributed by atoms with Gasteiger partial charge >= 0.3 is 0 Å². The van der Waals surface area contributed by atoms with E-state index in [-0.39, 0.29) is 28.9 Å². The maximum Gasteiger partial charge on any atom is 0.238 e. The van der Waals surface area contributed by atoms with Crippen molar-refractivity contribution in [1.82, 2.24) is 10.6 Å². The molecule has 0 aliphatic carbocycles. The van der Waals surface area contributed by atoms with Crippen LogP contribution in [0, 0.1) is 0 Å². The van der Waals surface area contributed by atoms with Gasteiger partial charge in [-0.15, -0.1) is 24.0 Å². The molecule has 0 aliphatic heterocycles. The Morgan fingerprint density at radius 3 is 2.48 bits per heavy atom. The lowest BCUT2D eigenvalue weighted by Gasteiger charge is -2.14. The number of hydrogen-bond donors (Lipinski definition) is 3. The summed E-state index contributed by atoms with van der Waals surface area (Å²) in [5.41, 5.74) is 1.81. The van der Waals surface area contributed by atoms with Gasteiger partial charge in [-0.3, -0.25) is 4.99 Å². The van der Waals surface area contributed by atoms with Gasteiger partial charge in [-0.1, -0.05) is 30.3 Å². The third kappa shape index (κ3) is 7.35. The highest BCUT2D eigenvalue weighted by Gasteiger charge is 2.08. The van der Waals surface area contributed by atoms with Crippen LogP contribution in [0.5, 0.6) is 5.75 Å². The molecule has 0 heterocycles. The fourth-order valence-electron chi connectivity index (χ4n) is 2.36. The zero-order valence-electron chi connectivity index (χ0n) is 15.3. The van der Waals surface area contributed by atoms with E-state index in [1.807, 2.05) is 37.3 Å². The fourth-order valence-corrected chi connectivity index (χ4v) is 2.95. The predicted molar refractivity (Wildman–Crippen MR) is 118 cm³/mol. The van der Waals surface area contributed by atoms with Crippen molar-refractivity contribution in [2.45, 2.75) is 24.9 Å². The molecule has 0 fully saturated rings. The van der Waals surface area contributed by atoms with Crippen LogP contribution >= 0.6 is 24.0 Å². The lowest BCUT2D eigenvalue weighted by atomic mass is 10.2. The second kappa shape index (κ2) is 11.1. The summed E-state index contributed by atoms with van der Waals surface area (Å²) in [4.78, 5) is 4.26. The Hall–Kier alpha value is -1.85. The smallest absolute Gasteiger partial charge is 0.238 e. The van der Waals surface area contributed by atoms with Crippen LogP contribution < -0.4 is 20.5 Å². The maximum atomic E-state index is 11.4. The van der Waals surface area contributed by atoms with Crippen LogP contribution in [0.1, 0.15) is 18.1 Å². The number of primary sulfonamides is 1. The van der Waals surface area contributed by atoms with Gasteiger partial charge in [-0.2, -0.15) is 0 Å². The molecule has 2 aromatic carbocycles. The molecule has 2 aromatic rings. The molecule has 0 saturated heterocycles. The largest absolute Gasteiger partial charge is 0.494 e. The Kier molecular flexibility index (Phi) is 9.53. The normalized spacial score (nSPS) is 11.4. The minimum atomic E-state index is -3.71. The number of nitrogens with zero attached hydrogens (tertiary/aromatic N) is 1. The Bertz CT molecular complexity index is 872. The summed E-state index contributed by atoms with van der Waals surface area (Å²) >= 11 is 0. The molecule has 148 valence electrons. The van der Waals surface area contributed by atoms with Crippen LogP contribution in [0.3, 0.4) is 0 Å². The molecule has 2 rings (SSSR count). The van der Waals surface area contributed by atoms with Gasteiger partial charge in [-0.05, 0) is 30.7 Å². The van der Waals surface area contributed by atoms with Crippen molar-refractivity contribution < 1.29 is 13.2 Å². The van der Waals surface area contributed by atoms with Crippen molar-refractivity contribution in [3.8, 4) is 5.75 Å². The fraction of sp³-hybridized carbons (Fsp3) is 0.278. The van der Waals surface area contributed by atoms with Gasteiger partial charge in [0.05, 0.1) is 11.5 Å². The van der Waals surface area contributed by atoms with Gasteiger partial charge in [0, 0.05) is 25.7 Å². The van der Waals surface area contributed by atoms with E-state index in [0.29, 0.717) is 25.7 Å². The molecule has 0 bridgehead atoms. The standard InChI is InChI=1S/C18H24N4O3S.HI/c1-3-25-17-10-5-4-8-15(17)13-22-18(20-2)21-12-14-7-6-9-16(11-14)26(19,23)24;/h4-11H,3,12-13H2,1-2H3,(H2,19,23,24)(H2,20,21,22);1H. The van der Waals surface area contributed by atoms with Gasteiger partial charge in [0.15, 0.2) is 5.96 Å². The number of rotatable bonds is 7. The summed E-state index contributed by atoms with van der Waals surface area (Å²) in [6.07, 6.45) is 0. The van der Waals surface area contributed by atoms with Gasteiger partial charge in [0.2, 0.25) is 10.0 Å². The van der Waals surface area contributed by atoms with Crippen molar-refractivity contribution in [2.24, 2.45) is 10.1 Å². The van der Waals surface area contributed by atoms with Crippen LogP contribution in [0.25, 0.3) is 0 Å². The first kappa shape index (κ1) is 23.2. The summed E-state index contributed by atoms with van der Waals surface area (Å²) in [6.45, 7) is 3.51. The molecule has 0 saturated carbocycles. The van der Waals surface area contributed by atoms with Gasteiger partial charge in [0.25, 0.3) is 0 Å². The third-order valence-corrected chi connectivity index (χ3v) is 4.54. The number of guanidine groups is 1. The van der Waals surface area contributed by atoms with Crippen LogP contribution in [0.15, 0.2) is 58.4 Å². The highest BCUT2D eigenvalue weighted by molar-refractivity contribution is 14.0. The Balaban J connectivity index is 0.00000364. The molecule has 0 amide bonds. The molecule has 7 nitrogen and oxygen atoms in total. The second-order valence-corrected chi connectivity index (χ2v) is 7.07. The Labute approximate surface area is 177 Å². The maximum absolute atomic E-state index is 11.4. The molecule has 0 spiro atoms.